The minimum atomic E-state index is -0.399. The van der Waals surface area contributed by atoms with Crippen molar-refractivity contribution < 1.29 is 10.0 Å². The van der Waals surface area contributed by atoms with Gasteiger partial charge in [0.05, 0.1) is 4.92 Å². The van der Waals surface area contributed by atoms with Gasteiger partial charge in [-0.1, -0.05) is 24.3 Å². The Morgan fingerprint density at radius 1 is 1.05 bits per heavy atom. The standard InChI is InChI=1S/C14H14N2O3/c17-14-6-4-11(5-7-14)9-15-10-12-2-1-3-13(8-12)16(18)19/h1-8,15,17H,9-10H2. The molecule has 5 heteroatoms. The van der Waals surface area contributed by atoms with Gasteiger partial charge in [-0.2, -0.15) is 0 Å². The lowest BCUT2D eigenvalue weighted by molar-refractivity contribution is -0.384. The molecule has 0 amide bonds. The minimum Gasteiger partial charge on any atom is -0.508 e. The summed E-state index contributed by atoms with van der Waals surface area (Å²) in [5.41, 5.74) is 2.01. The Labute approximate surface area is 110 Å². The summed E-state index contributed by atoms with van der Waals surface area (Å²) in [6.45, 7) is 1.20. The zero-order valence-corrected chi connectivity index (χ0v) is 10.2. The number of hydrogen-bond donors (Lipinski definition) is 2. The topological polar surface area (TPSA) is 75.4 Å². The van der Waals surface area contributed by atoms with E-state index in [0.717, 1.165) is 11.1 Å². The van der Waals surface area contributed by atoms with Gasteiger partial charge < -0.3 is 10.4 Å². The maximum atomic E-state index is 10.6. The van der Waals surface area contributed by atoms with Crippen LogP contribution in [0.2, 0.25) is 0 Å². The van der Waals surface area contributed by atoms with E-state index in [9.17, 15) is 10.1 Å². The van der Waals surface area contributed by atoms with Crippen LogP contribution in [-0.2, 0) is 13.1 Å². The van der Waals surface area contributed by atoms with Crippen molar-refractivity contribution >= 4 is 5.69 Å². The number of nitrogens with zero attached hydrogens (tertiary/aromatic N) is 1. The number of phenolic OH excluding ortho intramolecular Hbond substituents is 1. The lowest BCUT2D eigenvalue weighted by Crippen LogP contribution is -2.12. The van der Waals surface area contributed by atoms with E-state index in [1.54, 1.807) is 24.3 Å². The SMILES string of the molecule is O=[N+]([O-])c1cccc(CNCc2ccc(O)cc2)c1. The summed E-state index contributed by atoms with van der Waals surface area (Å²) in [6, 6.07) is 13.5. The Morgan fingerprint density at radius 3 is 2.42 bits per heavy atom. The quantitative estimate of drug-likeness (QED) is 0.638. The Kier molecular flexibility index (Phi) is 4.10. The van der Waals surface area contributed by atoms with Gasteiger partial charge in [-0.3, -0.25) is 10.1 Å². The fourth-order valence-electron chi connectivity index (χ4n) is 1.74. The predicted molar refractivity (Wildman–Crippen MR) is 71.7 cm³/mol. The third kappa shape index (κ3) is 3.79. The van der Waals surface area contributed by atoms with E-state index in [0.29, 0.717) is 13.1 Å². The van der Waals surface area contributed by atoms with Crippen molar-refractivity contribution in [1.29, 1.82) is 0 Å². The molecule has 0 atom stereocenters. The smallest absolute Gasteiger partial charge is 0.269 e. The van der Waals surface area contributed by atoms with Crippen LogP contribution >= 0.6 is 0 Å². The zero-order valence-electron chi connectivity index (χ0n) is 10.2. The number of aromatic hydroxyl groups is 1. The first-order valence-electron chi connectivity index (χ1n) is 5.87. The van der Waals surface area contributed by atoms with Gasteiger partial charge in [0.1, 0.15) is 5.75 Å². The van der Waals surface area contributed by atoms with Crippen molar-refractivity contribution in [3.63, 3.8) is 0 Å². The molecule has 0 unspecified atom stereocenters. The van der Waals surface area contributed by atoms with E-state index in [-0.39, 0.29) is 11.4 Å². The Hall–Kier alpha value is -2.40. The molecule has 0 heterocycles. The van der Waals surface area contributed by atoms with Crippen LogP contribution in [0.25, 0.3) is 0 Å². The molecule has 0 radical (unpaired) electrons. The Bertz CT molecular complexity index is 567. The van der Waals surface area contributed by atoms with Crippen LogP contribution in [-0.4, -0.2) is 10.0 Å². The fraction of sp³-hybridized carbons (Fsp3) is 0.143. The predicted octanol–water partition coefficient (Wildman–Crippen LogP) is 2.59. The number of hydrogen-bond acceptors (Lipinski definition) is 4. The van der Waals surface area contributed by atoms with Gasteiger partial charge in [-0.05, 0) is 23.3 Å². The largest absolute Gasteiger partial charge is 0.508 e. The van der Waals surface area contributed by atoms with Crippen LogP contribution in [0.1, 0.15) is 11.1 Å². The lowest BCUT2D eigenvalue weighted by Gasteiger charge is -2.05. The highest BCUT2D eigenvalue weighted by Gasteiger charge is 2.05. The molecule has 98 valence electrons. The van der Waals surface area contributed by atoms with Crippen LogP contribution in [0, 0.1) is 10.1 Å². The number of non-ortho nitro benzene ring substituents is 1. The highest BCUT2D eigenvalue weighted by atomic mass is 16.6. The molecular formula is C14H14N2O3. The second-order valence-corrected chi connectivity index (χ2v) is 4.20. The highest BCUT2D eigenvalue weighted by molar-refractivity contribution is 5.34. The number of nitrogens with one attached hydrogen (secondary N) is 1. The van der Waals surface area contributed by atoms with Gasteiger partial charge in [0, 0.05) is 25.2 Å². The fourth-order valence-corrected chi connectivity index (χ4v) is 1.74. The third-order valence-corrected chi connectivity index (χ3v) is 2.72. The van der Waals surface area contributed by atoms with E-state index in [1.807, 2.05) is 18.2 Å². The maximum absolute atomic E-state index is 10.6. The molecule has 0 saturated carbocycles. The first kappa shape index (κ1) is 13.0. The normalized spacial score (nSPS) is 10.3. The average Bonchev–Trinajstić information content (AvgIpc) is 2.41. The van der Waals surface area contributed by atoms with Gasteiger partial charge in [-0.15, -0.1) is 0 Å². The van der Waals surface area contributed by atoms with Crippen LogP contribution in [0.3, 0.4) is 0 Å². The number of rotatable bonds is 5. The zero-order chi connectivity index (χ0) is 13.7. The van der Waals surface area contributed by atoms with E-state index in [1.165, 1.54) is 6.07 Å². The van der Waals surface area contributed by atoms with Gasteiger partial charge in [0.2, 0.25) is 0 Å². The minimum absolute atomic E-state index is 0.101. The van der Waals surface area contributed by atoms with Gasteiger partial charge in [-0.25, -0.2) is 0 Å². The summed E-state index contributed by atoms with van der Waals surface area (Å²) >= 11 is 0. The average molecular weight is 258 g/mol. The van der Waals surface area contributed by atoms with Crippen LogP contribution in [0.4, 0.5) is 5.69 Å². The molecule has 0 aliphatic rings. The van der Waals surface area contributed by atoms with Crippen molar-refractivity contribution in [3.8, 4) is 5.75 Å². The van der Waals surface area contributed by atoms with E-state index in [2.05, 4.69) is 5.32 Å². The number of nitro benzene ring substituents is 1. The molecule has 2 aromatic carbocycles. The number of phenols is 1. The second-order valence-electron chi connectivity index (χ2n) is 4.20. The molecule has 2 N–H and O–H groups in total. The first-order chi connectivity index (χ1) is 9.15. The Balaban J connectivity index is 1.90. The molecule has 2 aromatic rings. The second kappa shape index (κ2) is 5.97. The summed E-state index contributed by atoms with van der Waals surface area (Å²) in [5, 5.41) is 23.0. The summed E-state index contributed by atoms with van der Waals surface area (Å²) in [5.74, 6) is 0.238. The molecule has 0 fully saturated rings. The Morgan fingerprint density at radius 2 is 1.74 bits per heavy atom. The number of nitro groups is 1. The number of benzene rings is 2. The summed E-state index contributed by atoms with van der Waals surface area (Å²) in [7, 11) is 0. The van der Waals surface area contributed by atoms with Gasteiger partial charge >= 0.3 is 0 Å². The van der Waals surface area contributed by atoms with Crippen LogP contribution < -0.4 is 5.32 Å². The van der Waals surface area contributed by atoms with Crippen LogP contribution in [0.15, 0.2) is 48.5 Å². The van der Waals surface area contributed by atoms with Crippen molar-refractivity contribution in [2.45, 2.75) is 13.1 Å². The maximum Gasteiger partial charge on any atom is 0.269 e. The van der Waals surface area contributed by atoms with E-state index in [4.69, 9.17) is 5.11 Å². The van der Waals surface area contributed by atoms with Crippen molar-refractivity contribution in [3.05, 3.63) is 69.8 Å². The van der Waals surface area contributed by atoms with Gasteiger partial charge in [0.15, 0.2) is 0 Å². The first-order valence-corrected chi connectivity index (χ1v) is 5.87. The molecule has 0 saturated heterocycles. The molecule has 0 aliphatic heterocycles. The molecule has 5 nitrogen and oxygen atoms in total. The molecular weight excluding hydrogens is 244 g/mol. The van der Waals surface area contributed by atoms with Crippen molar-refractivity contribution in [2.24, 2.45) is 0 Å². The van der Waals surface area contributed by atoms with E-state index < -0.39 is 4.92 Å². The summed E-state index contributed by atoms with van der Waals surface area (Å²) in [4.78, 5) is 10.2. The van der Waals surface area contributed by atoms with Gasteiger partial charge in [0.25, 0.3) is 5.69 Å². The molecule has 0 bridgehead atoms. The summed E-state index contributed by atoms with van der Waals surface area (Å²) < 4.78 is 0. The molecule has 19 heavy (non-hydrogen) atoms. The highest BCUT2D eigenvalue weighted by Crippen LogP contribution is 2.13. The lowest BCUT2D eigenvalue weighted by atomic mass is 10.2. The summed E-state index contributed by atoms with van der Waals surface area (Å²) in [6.07, 6.45) is 0. The monoisotopic (exact) mass is 258 g/mol. The molecule has 0 aromatic heterocycles. The van der Waals surface area contributed by atoms with Crippen molar-refractivity contribution in [2.75, 3.05) is 0 Å². The third-order valence-electron chi connectivity index (χ3n) is 2.72. The van der Waals surface area contributed by atoms with E-state index >= 15 is 0 Å². The molecule has 2 rings (SSSR count). The molecule has 0 spiro atoms. The molecule has 0 aliphatic carbocycles. The van der Waals surface area contributed by atoms with Crippen molar-refractivity contribution in [1.82, 2.24) is 5.32 Å². The van der Waals surface area contributed by atoms with Crippen LogP contribution in [0.5, 0.6) is 5.75 Å².